The zero-order chi connectivity index (χ0) is 15.0. The molecule has 0 aliphatic carbocycles. The van der Waals surface area contributed by atoms with Crippen LogP contribution in [-0.4, -0.2) is 33.0 Å². The Bertz CT molecular complexity index is 502. The molecular formula is C15H24ClNO2S. The lowest BCUT2D eigenvalue weighted by molar-refractivity contribution is 0.548. The van der Waals surface area contributed by atoms with E-state index in [0.717, 1.165) is 24.5 Å². The van der Waals surface area contributed by atoms with E-state index in [1.807, 2.05) is 18.2 Å². The van der Waals surface area contributed by atoms with Crippen LogP contribution in [0, 0.1) is 0 Å². The van der Waals surface area contributed by atoms with Crippen LogP contribution >= 0.6 is 11.6 Å². The highest BCUT2D eigenvalue weighted by atomic mass is 35.5. The van der Waals surface area contributed by atoms with E-state index < -0.39 is 9.84 Å². The maximum atomic E-state index is 11.5. The van der Waals surface area contributed by atoms with Crippen molar-refractivity contribution in [3.05, 3.63) is 34.9 Å². The summed E-state index contributed by atoms with van der Waals surface area (Å²) in [6, 6.07) is 7.83. The van der Waals surface area contributed by atoms with E-state index in [1.165, 1.54) is 5.56 Å². The molecule has 1 N–H and O–H groups in total. The Morgan fingerprint density at radius 1 is 1.30 bits per heavy atom. The third kappa shape index (κ3) is 6.25. The molecule has 0 aliphatic heterocycles. The average molecular weight is 318 g/mol. The molecule has 0 saturated carbocycles. The molecule has 0 amide bonds. The van der Waals surface area contributed by atoms with Crippen molar-refractivity contribution in [2.45, 2.75) is 32.6 Å². The van der Waals surface area contributed by atoms with Gasteiger partial charge in [0.15, 0.2) is 0 Å². The topological polar surface area (TPSA) is 46.2 Å². The summed E-state index contributed by atoms with van der Waals surface area (Å²) in [7, 11) is -2.87. The summed E-state index contributed by atoms with van der Waals surface area (Å²) in [5, 5.41) is 4.06. The lowest BCUT2D eigenvalue weighted by atomic mass is 9.94. The van der Waals surface area contributed by atoms with Crippen LogP contribution in [0.3, 0.4) is 0 Å². The molecule has 3 nitrogen and oxygen atoms in total. The van der Waals surface area contributed by atoms with Gasteiger partial charge in [-0.25, -0.2) is 8.42 Å². The fourth-order valence-corrected chi connectivity index (χ4v) is 3.25. The number of hydrogen-bond acceptors (Lipinski definition) is 3. The standard InChI is InChI=1S/C15H24ClNO2S/c1-3-17-12-14(8-6-10-20(18,19)4-2)13-7-5-9-15(16)11-13/h5,7,9,11,14,17H,3-4,6,8,10,12H2,1-2H3. The highest BCUT2D eigenvalue weighted by Gasteiger charge is 2.14. The molecule has 0 heterocycles. The largest absolute Gasteiger partial charge is 0.316 e. The molecule has 1 aromatic rings. The van der Waals surface area contributed by atoms with Crippen molar-refractivity contribution in [2.75, 3.05) is 24.6 Å². The van der Waals surface area contributed by atoms with Gasteiger partial charge in [0, 0.05) is 17.3 Å². The number of rotatable bonds is 9. The van der Waals surface area contributed by atoms with E-state index >= 15 is 0 Å². The van der Waals surface area contributed by atoms with Crippen molar-refractivity contribution < 1.29 is 8.42 Å². The van der Waals surface area contributed by atoms with Crippen molar-refractivity contribution in [3.8, 4) is 0 Å². The molecule has 0 spiro atoms. The summed E-state index contributed by atoms with van der Waals surface area (Å²) in [4.78, 5) is 0. The average Bonchev–Trinajstić information content (AvgIpc) is 2.42. The number of likely N-dealkylation sites (N-methyl/N-ethyl adjacent to an activating group) is 1. The zero-order valence-corrected chi connectivity index (χ0v) is 13.8. The number of hydrogen-bond donors (Lipinski definition) is 1. The van der Waals surface area contributed by atoms with Gasteiger partial charge in [-0.1, -0.05) is 37.6 Å². The Morgan fingerprint density at radius 3 is 2.65 bits per heavy atom. The Morgan fingerprint density at radius 2 is 2.05 bits per heavy atom. The maximum absolute atomic E-state index is 11.5. The molecule has 1 rings (SSSR count). The minimum Gasteiger partial charge on any atom is -0.316 e. The number of halogens is 1. The van der Waals surface area contributed by atoms with Crippen molar-refractivity contribution in [1.82, 2.24) is 5.32 Å². The third-order valence-corrected chi connectivity index (χ3v) is 5.43. The predicted octanol–water partition coefficient (Wildman–Crippen LogP) is 3.25. The van der Waals surface area contributed by atoms with Gasteiger partial charge in [0.2, 0.25) is 0 Å². The molecule has 1 unspecified atom stereocenters. The summed E-state index contributed by atoms with van der Waals surface area (Å²) in [6.07, 6.45) is 1.55. The maximum Gasteiger partial charge on any atom is 0.150 e. The first-order valence-corrected chi connectivity index (χ1v) is 9.35. The molecular weight excluding hydrogens is 294 g/mol. The molecule has 0 bridgehead atoms. The van der Waals surface area contributed by atoms with Crippen molar-refractivity contribution >= 4 is 21.4 Å². The normalized spacial score (nSPS) is 13.3. The summed E-state index contributed by atoms with van der Waals surface area (Å²) in [5.74, 6) is 0.801. The van der Waals surface area contributed by atoms with Crippen LogP contribution < -0.4 is 5.32 Å². The summed E-state index contributed by atoms with van der Waals surface area (Å²) < 4.78 is 23.1. The van der Waals surface area contributed by atoms with Gasteiger partial charge in [-0.15, -0.1) is 0 Å². The second-order valence-corrected chi connectivity index (χ2v) is 7.85. The fourth-order valence-electron chi connectivity index (χ4n) is 2.16. The molecule has 0 aromatic heterocycles. The zero-order valence-electron chi connectivity index (χ0n) is 12.2. The highest BCUT2D eigenvalue weighted by molar-refractivity contribution is 7.91. The van der Waals surface area contributed by atoms with Crippen LogP contribution in [0.2, 0.25) is 5.02 Å². The van der Waals surface area contributed by atoms with Crippen molar-refractivity contribution in [1.29, 1.82) is 0 Å². The first kappa shape index (κ1) is 17.5. The second kappa shape index (κ2) is 8.65. The van der Waals surface area contributed by atoms with Crippen LogP contribution in [0.1, 0.15) is 38.2 Å². The monoisotopic (exact) mass is 317 g/mol. The van der Waals surface area contributed by atoms with E-state index in [9.17, 15) is 8.42 Å². The number of benzene rings is 1. The summed E-state index contributed by atoms with van der Waals surface area (Å²) >= 11 is 6.04. The lowest BCUT2D eigenvalue weighted by Crippen LogP contribution is -2.22. The van der Waals surface area contributed by atoms with E-state index in [2.05, 4.69) is 18.3 Å². The predicted molar refractivity (Wildman–Crippen MR) is 86.3 cm³/mol. The Hall–Kier alpha value is -0.580. The molecule has 5 heteroatoms. The Labute approximate surface area is 127 Å². The van der Waals surface area contributed by atoms with Crippen molar-refractivity contribution in [2.24, 2.45) is 0 Å². The lowest BCUT2D eigenvalue weighted by Gasteiger charge is -2.18. The van der Waals surface area contributed by atoms with E-state index in [4.69, 9.17) is 11.6 Å². The molecule has 0 aliphatic rings. The molecule has 1 aromatic carbocycles. The van der Waals surface area contributed by atoms with Gasteiger partial charge in [-0.3, -0.25) is 0 Å². The van der Waals surface area contributed by atoms with Crippen LogP contribution in [0.5, 0.6) is 0 Å². The van der Waals surface area contributed by atoms with Crippen LogP contribution in [0.4, 0.5) is 0 Å². The summed E-state index contributed by atoms with van der Waals surface area (Å²) in [6.45, 7) is 5.52. The van der Waals surface area contributed by atoms with Crippen LogP contribution in [0.15, 0.2) is 24.3 Å². The van der Waals surface area contributed by atoms with Crippen molar-refractivity contribution in [3.63, 3.8) is 0 Å². The van der Waals surface area contributed by atoms with E-state index in [0.29, 0.717) is 12.3 Å². The van der Waals surface area contributed by atoms with Gasteiger partial charge < -0.3 is 5.32 Å². The van der Waals surface area contributed by atoms with Gasteiger partial charge in [0.05, 0.1) is 5.75 Å². The molecule has 1 atom stereocenters. The minimum atomic E-state index is -2.87. The van der Waals surface area contributed by atoms with Gasteiger partial charge in [-0.05, 0) is 43.0 Å². The smallest absolute Gasteiger partial charge is 0.150 e. The first-order chi connectivity index (χ1) is 9.48. The van der Waals surface area contributed by atoms with Gasteiger partial charge in [0.1, 0.15) is 9.84 Å². The third-order valence-electron chi connectivity index (χ3n) is 3.41. The second-order valence-electron chi connectivity index (χ2n) is 4.94. The summed E-state index contributed by atoms with van der Waals surface area (Å²) in [5.41, 5.74) is 1.17. The Kier molecular flexibility index (Phi) is 7.56. The van der Waals surface area contributed by atoms with Crippen LogP contribution in [-0.2, 0) is 9.84 Å². The van der Waals surface area contributed by atoms with E-state index in [-0.39, 0.29) is 11.5 Å². The molecule has 20 heavy (non-hydrogen) atoms. The molecule has 0 fully saturated rings. The molecule has 0 radical (unpaired) electrons. The van der Waals surface area contributed by atoms with E-state index in [1.54, 1.807) is 6.92 Å². The highest BCUT2D eigenvalue weighted by Crippen LogP contribution is 2.23. The fraction of sp³-hybridized carbons (Fsp3) is 0.600. The van der Waals surface area contributed by atoms with Gasteiger partial charge in [0.25, 0.3) is 0 Å². The van der Waals surface area contributed by atoms with Gasteiger partial charge in [-0.2, -0.15) is 0 Å². The SMILES string of the molecule is CCNCC(CCCS(=O)(=O)CC)c1cccc(Cl)c1. The molecule has 0 saturated heterocycles. The van der Waals surface area contributed by atoms with Crippen LogP contribution in [0.25, 0.3) is 0 Å². The number of nitrogens with one attached hydrogen (secondary N) is 1. The van der Waals surface area contributed by atoms with Gasteiger partial charge >= 0.3 is 0 Å². The minimum absolute atomic E-state index is 0.224. The molecule has 114 valence electrons. The Balaban J connectivity index is 2.65. The quantitative estimate of drug-likeness (QED) is 0.760. The number of sulfone groups is 1. The first-order valence-electron chi connectivity index (χ1n) is 7.15.